The lowest BCUT2D eigenvalue weighted by Crippen LogP contribution is -2.51. The number of sulfonamides is 1. The predicted octanol–water partition coefficient (Wildman–Crippen LogP) is 1.22. The van der Waals surface area contributed by atoms with Crippen molar-refractivity contribution in [1.29, 1.82) is 0 Å². The molecule has 0 aromatic heterocycles. The smallest absolute Gasteiger partial charge is 0.222 e. The monoisotopic (exact) mass is 399 g/mol. The number of hydrogen-bond donors (Lipinski definition) is 1. The molecule has 1 rings (SSSR count). The van der Waals surface area contributed by atoms with Gasteiger partial charge in [-0.25, -0.2) is 8.42 Å². The van der Waals surface area contributed by atoms with E-state index >= 15 is 0 Å². The molecule has 1 heterocycles. The van der Waals surface area contributed by atoms with Crippen LogP contribution in [-0.2, 0) is 19.6 Å². The molecule has 150 valence electrons. The fraction of sp³-hybridized carbons (Fsp3) is 0.938. The van der Waals surface area contributed by atoms with Crippen LogP contribution < -0.4 is 5.73 Å². The minimum atomic E-state index is -3.30. The van der Waals surface area contributed by atoms with Crippen molar-refractivity contribution in [2.75, 3.05) is 45.1 Å². The van der Waals surface area contributed by atoms with E-state index in [0.29, 0.717) is 39.1 Å². The predicted molar refractivity (Wildman–Crippen MR) is 102 cm³/mol. The van der Waals surface area contributed by atoms with Crippen LogP contribution in [0.15, 0.2) is 0 Å². The van der Waals surface area contributed by atoms with Gasteiger partial charge in [-0.3, -0.25) is 4.79 Å². The van der Waals surface area contributed by atoms with Crippen LogP contribution in [0.3, 0.4) is 0 Å². The van der Waals surface area contributed by atoms with E-state index in [2.05, 4.69) is 0 Å². The summed E-state index contributed by atoms with van der Waals surface area (Å²) < 4.78 is 31.3. The van der Waals surface area contributed by atoms with Gasteiger partial charge in [0.1, 0.15) is 0 Å². The number of halogens is 1. The van der Waals surface area contributed by atoms with Crippen LogP contribution in [0, 0.1) is 0 Å². The highest BCUT2D eigenvalue weighted by molar-refractivity contribution is 7.89. The Labute approximate surface area is 158 Å². The van der Waals surface area contributed by atoms with Crippen molar-refractivity contribution in [3.8, 4) is 0 Å². The molecular formula is C16H34ClN3O4S. The van der Waals surface area contributed by atoms with Gasteiger partial charge in [-0.2, -0.15) is 4.31 Å². The lowest BCUT2D eigenvalue weighted by Gasteiger charge is -2.34. The van der Waals surface area contributed by atoms with E-state index in [9.17, 15) is 13.2 Å². The Balaban J connectivity index is 0.00000576. The molecule has 0 radical (unpaired) electrons. The van der Waals surface area contributed by atoms with Gasteiger partial charge in [0.25, 0.3) is 0 Å². The van der Waals surface area contributed by atoms with E-state index in [1.54, 1.807) is 4.90 Å². The van der Waals surface area contributed by atoms with Gasteiger partial charge in [-0.15, -0.1) is 12.4 Å². The highest BCUT2D eigenvalue weighted by atomic mass is 35.5. The lowest BCUT2D eigenvalue weighted by atomic mass is 10.1. The summed E-state index contributed by atoms with van der Waals surface area (Å²) in [7, 11) is -3.30. The maximum absolute atomic E-state index is 12.2. The fourth-order valence-corrected chi connectivity index (χ4v) is 3.95. The molecule has 1 saturated heterocycles. The Bertz CT molecular complexity index is 466. The molecule has 0 aromatic carbocycles. The van der Waals surface area contributed by atoms with Crippen molar-refractivity contribution >= 4 is 28.3 Å². The number of rotatable bonds is 11. The molecule has 2 N–H and O–H groups in total. The van der Waals surface area contributed by atoms with Gasteiger partial charge in [0.2, 0.25) is 15.9 Å². The van der Waals surface area contributed by atoms with Gasteiger partial charge in [0.05, 0.1) is 18.5 Å². The third-order valence-electron chi connectivity index (χ3n) is 4.12. The minimum Gasteiger partial charge on any atom is -0.378 e. The zero-order valence-corrected chi connectivity index (χ0v) is 17.1. The molecule has 0 bridgehead atoms. The SMILES string of the molecule is CC(C)OCCS(=O)(=O)N1CCN(C(=O)CCCCCCN)CC1.Cl. The average Bonchev–Trinajstić information content (AvgIpc) is 2.54. The maximum atomic E-state index is 12.2. The van der Waals surface area contributed by atoms with E-state index in [0.717, 1.165) is 25.7 Å². The summed E-state index contributed by atoms with van der Waals surface area (Å²) in [6, 6.07) is 0. The number of ether oxygens (including phenoxy) is 1. The van der Waals surface area contributed by atoms with Gasteiger partial charge >= 0.3 is 0 Å². The van der Waals surface area contributed by atoms with Crippen molar-refractivity contribution in [2.24, 2.45) is 5.73 Å². The van der Waals surface area contributed by atoms with Gasteiger partial charge in [-0.1, -0.05) is 12.8 Å². The van der Waals surface area contributed by atoms with E-state index in [-0.39, 0.29) is 36.8 Å². The van der Waals surface area contributed by atoms with Gasteiger partial charge in [0.15, 0.2) is 0 Å². The second kappa shape index (κ2) is 12.9. The summed E-state index contributed by atoms with van der Waals surface area (Å²) in [5.41, 5.74) is 5.44. The Morgan fingerprint density at radius 1 is 1.08 bits per heavy atom. The van der Waals surface area contributed by atoms with Crippen LogP contribution in [0.5, 0.6) is 0 Å². The van der Waals surface area contributed by atoms with Crippen LogP contribution >= 0.6 is 12.4 Å². The largest absolute Gasteiger partial charge is 0.378 e. The van der Waals surface area contributed by atoms with Crippen LogP contribution in [0.25, 0.3) is 0 Å². The Kier molecular flexibility index (Phi) is 12.7. The summed E-state index contributed by atoms with van der Waals surface area (Å²) in [5.74, 6) is 0.128. The van der Waals surface area contributed by atoms with E-state index in [1.807, 2.05) is 13.8 Å². The highest BCUT2D eigenvalue weighted by Gasteiger charge is 2.28. The molecule has 25 heavy (non-hydrogen) atoms. The average molecular weight is 400 g/mol. The topological polar surface area (TPSA) is 92.9 Å². The van der Waals surface area contributed by atoms with Crippen molar-refractivity contribution in [2.45, 2.75) is 52.1 Å². The summed E-state index contributed by atoms with van der Waals surface area (Å²) in [5, 5.41) is 0. The van der Waals surface area contributed by atoms with Crippen LogP contribution in [0.1, 0.15) is 46.0 Å². The molecule has 0 aromatic rings. The lowest BCUT2D eigenvalue weighted by molar-refractivity contribution is -0.132. The van der Waals surface area contributed by atoms with Gasteiger partial charge in [0, 0.05) is 32.6 Å². The molecule has 1 amide bonds. The number of hydrogen-bond acceptors (Lipinski definition) is 5. The summed E-state index contributed by atoms with van der Waals surface area (Å²) in [6.07, 6.45) is 4.54. The second-order valence-electron chi connectivity index (χ2n) is 6.47. The zero-order valence-electron chi connectivity index (χ0n) is 15.5. The number of piperazine rings is 1. The number of unbranched alkanes of at least 4 members (excludes halogenated alkanes) is 3. The summed E-state index contributed by atoms with van der Waals surface area (Å²) >= 11 is 0. The molecule has 1 fully saturated rings. The molecule has 0 spiro atoms. The molecule has 0 aliphatic carbocycles. The molecule has 0 saturated carbocycles. The standard InChI is InChI=1S/C16H33N3O4S.ClH/c1-15(2)23-13-14-24(21,22)19-11-9-18(10-12-19)16(20)7-5-3-4-6-8-17;/h15H,3-14,17H2,1-2H3;1H. The Morgan fingerprint density at radius 3 is 2.24 bits per heavy atom. The van der Waals surface area contributed by atoms with Crippen molar-refractivity contribution in [3.63, 3.8) is 0 Å². The molecule has 0 unspecified atom stereocenters. The third kappa shape index (κ3) is 9.75. The van der Waals surface area contributed by atoms with E-state index < -0.39 is 10.0 Å². The van der Waals surface area contributed by atoms with E-state index in [4.69, 9.17) is 10.5 Å². The first-order valence-corrected chi connectivity index (χ1v) is 10.5. The van der Waals surface area contributed by atoms with Gasteiger partial charge in [-0.05, 0) is 33.2 Å². The molecular weight excluding hydrogens is 366 g/mol. The number of nitrogens with zero attached hydrogens (tertiary/aromatic N) is 2. The molecule has 7 nitrogen and oxygen atoms in total. The number of amides is 1. The molecule has 1 aliphatic rings. The van der Waals surface area contributed by atoms with Crippen LogP contribution in [-0.4, -0.2) is 74.7 Å². The Morgan fingerprint density at radius 2 is 1.68 bits per heavy atom. The minimum absolute atomic E-state index is 0. The first-order valence-electron chi connectivity index (χ1n) is 8.94. The summed E-state index contributed by atoms with van der Waals surface area (Å²) in [6.45, 7) is 6.39. The first kappa shape index (κ1) is 24.6. The number of nitrogens with two attached hydrogens (primary N) is 1. The van der Waals surface area contributed by atoms with Crippen molar-refractivity contribution in [3.05, 3.63) is 0 Å². The Hall–Kier alpha value is -0.410. The normalized spacial score (nSPS) is 16.1. The van der Waals surface area contributed by atoms with Gasteiger partial charge < -0.3 is 15.4 Å². The first-order chi connectivity index (χ1) is 11.4. The molecule has 0 atom stereocenters. The molecule has 9 heteroatoms. The fourth-order valence-electron chi connectivity index (χ4n) is 2.67. The van der Waals surface area contributed by atoms with E-state index in [1.165, 1.54) is 4.31 Å². The third-order valence-corrected chi connectivity index (χ3v) is 5.96. The van der Waals surface area contributed by atoms with Crippen LogP contribution in [0.2, 0.25) is 0 Å². The number of carbonyl (C=O) groups excluding carboxylic acids is 1. The highest BCUT2D eigenvalue weighted by Crippen LogP contribution is 2.11. The maximum Gasteiger partial charge on any atom is 0.222 e. The second-order valence-corrected chi connectivity index (χ2v) is 8.56. The molecule has 1 aliphatic heterocycles. The zero-order chi connectivity index (χ0) is 18.0. The van der Waals surface area contributed by atoms with Crippen molar-refractivity contribution < 1.29 is 17.9 Å². The van der Waals surface area contributed by atoms with Crippen LogP contribution in [0.4, 0.5) is 0 Å². The number of carbonyl (C=O) groups is 1. The summed E-state index contributed by atoms with van der Waals surface area (Å²) in [4.78, 5) is 13.9. The quantitative estimate of drug-likeness (QED) is 0.527. The van der Waals surface area contributed by atoms with Crippen molar-refractivity contribution in [1.82, 2.24) is 9.21 Å².